The van der Waals surface area contributed by atoms with Gasteiger partial charge in [0.1, 0.15) is 5.82 Å². The third-order valence-corrected chi connectivity index (χ3v) is 4.77. The number of hydrogen-bond acceptors (Lipinski definition) is 4. The van der Waals surface area contributed by atoms with E-state index in [0.717, 1.165) is 19.3 Å². The maximum Gasteiger partial charge on any atom is 0.340 e. The highest BCUT2D eigenvalue weighted by atomic mass is 32.1. The van der Waals surface area contributed by atoms with E-state index in [1.807, 2.05) is 0 Å². The first kappa shape index (κ1) is 14.1. The minimum absolute atomic E-state index is 0.161. The number of carbonyl (C=O) groups is 1. The number of hydrogen-bond donors (Lipinski definition) is 1. The fourth-order valence-corrected chi connectivity index (χ4v) is 3.73. The van der Waals surface area contributed by atoms with Gasteiger partial charge in [-0.3, -0.25) is 0 Å². The van der Waals surface area contributed by atoms with Gasteiger partial charge in [0.25, 0.3) is 0 Å². The second-order valence-corrected chi connectivity index (χ2v) is 6.07. The number of ether oxygens (including phenoxy) is 1. The Balaban J connectivity index is 1.91. The summed E-state index contributed by atoms with van der Waals surface area (Å²) in [4.78, 5) is 13.2. The van der Waals surface area contributed by atoms with E-state index in [2.05, 4.69) is 16.8 Å². The molecule has 1 N–H and O–H groups in total. The summed E-state index contributed by atoms with van der Waals surface area (Å²) in [7, 11) is 1.30. The van der Waals surface area contributed by atoms with Crippen LogP contribution in [-0.4, -0.2) is 13.1 Å². The molecule has 1 heterocycles. The molecule has 0 saturated heterocycles. The highest BCUT2D eigenvalue weighted by molar-refractivity contribution is 7.10. The summed E-state index contributed by atoms with van der Waals surface area (Å²) in [5, 5.41) is 5.47. The van der Waals surface area contributed by atoms with Gasteiger partial charge in [-0.2, -0.15) is 0 Å². The van der Waals surface area contributed by atoms with Crippen LogP contribution in [0.3, 0.4) is 0 Å². The number of fused-ring (bicyclic) bond motifs is 1. The Bertz CT molecular complexity index is 668. The summed E-state index contributed by atoms with van der Waals surface area (Å²) in [6.45, 7) is 0. The smallest absolute Gasteiger partial charge is 0.340 e. The molecule has 110 valence electrons. The van der Waals surface area contributed by atoms with Crippen molar-refractivity contribution >= 4 is 23.0 Å². The third kappa shape index (κ3) is 2.78. The van der Waals surface area contributed by atoms with Crippen molar-refractivity contribution in [1.82, 2.24) is 0 Å². The van der Waals surface area contributed by atoms with E-state index in [9.17, 15) is 9.18 Å². The molecule has 1 atom stereocenters. The van der Waals surface area contributed by atoms with Crippen molar-refractivity contribution in [3.63, 3.8) is 0 Å². The summed E-state index contributed by atoms with van der Waals surface area (Å²) in [5.74, 6) is -0.973. The van der Waals surface area contributed by atoms with Crippen LogP contribution in [0.5, 0.6) is 0 Å². The lowest BCUT2D eigenvalue weighted by atomic mass is 9.93. The first-order valence-electron chi connectivity index (χ1n) is 6.89. The fraction of sp³-hybridized carbons (Fsp3) is 0.312. The monoisotopic (exact) mass is 305 g/mol. The van der Waals surface area contributed by atoms with Gasteiger partial charge in [0.05, 0.1) is 18.7 Å². The van der Waals surface area contributed by atoms with Gasteiger partial charge >= 0.3 is 5.97 Å². The predicted octanol–water partition coefficient (Wildman–Crippen LogP) is 4.16. The largest absolute Gasteiger partial charge is 0.465 e. The molecule has 0 saturated carbocycles. The van der Waals surface area contributed by atoms with E-state index in [1.165, 1.54) is 29.7 Å². The van der Waals surface area contributed by atoms with E-state index in [4.69, 9.17) is 4.74 Å². The van der Waals surface area contributed by atoms with E-state index in [-0.39, 0.29) is 11.6 Å². The number of methoxy groups -OCH3 is 1. The lowest BCUT2D eigenvalue weighted by molar-refractivity contribution is 0.0601. The Labute approximate surface area is 126 Å². The number of nitrogens with one attached hydrogen (secondary N) is 1. The Kier molecular flexibility index (Phi) is 3.92. The summed E-state index contributed by atoms with van der Waals surface area (Å²) in [6.07, 6.45) is 3.22. The minimum atomic E-state index is -0.529. The van der Waals surface area contributed by atoms with Crippen LogP contribution in [0.15, 0.2) is 29.6 Å². The summed E-state index contributed by atoms with van der Waals surface area (Å²) in [5.41, 5.74) is 2.14. The molecule has 0 fully saturated rings. The molecule has 5 heteroatoms. The molecule has 1 aromatic carbocycles. The summed E-state index contributed by atoms with van der Waals surface area (Å²) in [6, 6.07) is 6.45. The second-order valence-electron chi connectivity index (χ2n) is 5.07. The number of benzene rings is 1. The van der Waals surface area contributed by atoms with E-state index in [0.29, 0.717) is 5.69 Å². The first-order chi connectivity index (χ1) is 10.2. The van der Waals surface area contributed by atoms with Crippen LogP contribution in [0.2, 0.25) is 0 Å². The van der Waals surface area contributed by atoms with Crippen molar-refractivity contribution < 1.29 is 13.9 Å². The zero-order valence-electron chi connectivity index (χ0n) is 11.7. The molecule has 21 heavy (non-hydrogen) atoms. The van der Waals surface area contributed by atoms with Crippen LogP contribution < -0.4 is 5.32 Å². The Morgan fingerprint density at radius 3 is 3.10 bits per heavy atom. The minimum Gasteiger partial charge on any atom is -0.465 e. The molecule has 1 unspecified atom stereocenters. The normalized spacial score (nSPS) is 17.1. The van der Waals surface area contributed by atoms with E-state index >= 15 is 0 Å². The molecular weight excluding hydrogens is 289 g/mol. The third-order valence-electron chi connectivity index (χ3n) is 3.77. The Morgan fingerprint density at radius 1 is 1.43 bits per heavy atom. The van der Waals surface area contributed by atoms with Crippen molar-refractivity contribution in [2.24, 2.45) is 0 Å². The van der Waals surface area contributed by atoms with Crippen molar-refractivity contribution in [2.45, 2.75) is 25.3 Å². The number of aryl methyl sites for hydroxylation is 1. The summed E-state index contributed by atoms with van der Waals surface area (Å²) >= 11 is 1.77. The molecule has 1 aliphatic rings. The Morgan fingerprint density at radius 2 is 2.29 bits per heavy atom. The second kappa shape index (κ2) is 5.85. The van der Waals surface area contributed by atoms with Gasteiger partial charge < -0.3 is 10.1 Å². The molecule has 1 aromatic heterocycles. The van der Waals surface area contributed by atoms with Crippen LogP contribution in [0, 0.1) is 5.82 Å². The molecule has 0 bridgehead atoms. The number of esters is 1. The molecule has 0 spiro atoms. The predicted molar refractivity (Wildman–Crippen MR) is 81.4 cm³/mol. The quantitative estimate of drug-likeness (QED) is 0.865. The lowest BCUT2D eigenvalue weighted by Gasteiger charge is -2.25. The molecular formula is C16H16FNO2S. The highest BCUT2D eigenvalue weighted by Crippen LogP contribution is 2.36. The number of thiophene rings is 1. The molecule has 3 rings (SSSR count). The summed E-state index contributed by atoms with van der Waals surface area (Å²) < 4.78 is 18.1. The standard InChI is InChI=1S/C16H16FNO2S/c1-20-16(19)12-9-10(17)5-6-14(12)18-13-3-2-4-15-11(13)7-8-21-15/h5-9,13,18H,2-4H2,1H3. The number of carbonyl (C=O) groups excluding carboxylic acids is 1. The fourth-order valence-electron chi connectivity index (χ4n) is 2.75. The van der Waals surface area contributed by atoms with Crippen molar-refractivity contribution in [1.29, 1.82) is 0 Å². The van der Waals surface area contributed by atoms with Crippen molar-refractivity contribution in [3.05, 3.63) is 51.5 Å². The van der Waals surface area contributed by atoms with Gasteiger partial charge in [0, 0.05) is 10.6 Å². The van der Waals surface area contributed by atoms with Gasteiger partial charge in [0.15, 0.2) is 0 Å². The van der Waals surface area contributed by atoms with Crippen LogP contribution >= 0.6 is 11.3 Å². The van der Waals surface area contributed by atoms with Crippen molar-refractivity contribution in [2.75, 3.05) is 12.4 Å². The van der Waals surface area contributed by atoms with Gasteiger partial charge in [-0.15, -0.1) is 11.3 Å². The van der Waals surface area contributed by atoms with Crippen LogP contribution in [0.4, 0.5) is 10.1 Å². The molecule has 0 aliphatic heterocycles. The number of rotatable bonds is 3. The van der Waals surface area contributed by atoms with Gasteiger partial charge in [-0.05, 0) is 54.5 Å². The maximum atomic E-state index is 13.4. The lowest BCUT2D eigenvalue weighted by Crippen LogP contribution is -2.17. The number of halogens is 1. The topological polar surface area (TPSA) is 38.3 Å². The molecule has 2 aromatic rings. The van der Waals surface area contributed by atoms with Gasteiger partial charge in [-0.1, -0.05) is 0 Å². The zero-order chi connectivity index (χ0) is 14.8. The average molecular weight is 305 g/mol. The Hall–Kier alpha value is -1.88. The molecule has 1 aliphatic carbocycles. The maximum absolute atomic E-state index is 13.4. The molecule has 0 amide bonds. The van der Waals surface area contributed by atoms with Gasteiger partial charge in [-0.25, -0.2) is 9.18 Å². The zero-order valence-corrected chi connectivity index (χ0v) is 12.5. The average Bonchev–Trinajstić information content (AvgIpc) is 2.97. The van der Waals surface area contributed by atoms with Crippen LogP contribution in [0.1, 0.15) is 39.7 Å². The highest BCUT2D eigenvalue weighted by Gasteiger charge is 2.23. The van der Waals surface area contributed by atoms with Crippen LogP contribution in [-0.2, 0) is 11.2 Å². The molecule has 3 nitrogen and oxygen atoms in total. The number of anilines is 1. The van der Waals surface area contributed by atoms with Gasteiger partial charge in [0.2, 0.25) is 0 Å². The SMILES string of the molecule is COC(=O)c1cc(F)ccc1NC1CCCc2sccc21. The molecule has 0 radical (unpaired) electrons. The van der Waals surface area contributed by atoms with E-state index in [1.54, 1.807) is 17.4 Å². The van der Waals surface area contributed by atoms with Crippen LogP contribution in [0.25, 0.3) is 0 Å². The van der Waals surface area contributed by atoms with E-state index < -0.39 is 11.8 Å². The first-order valence-corrected chi connectivity index (χ1v) is 7.77. The van der Waals surface area contributed by atoms with Crippen molar-refractivity contribution in [3.8, 4) is 0 Å².